The molecule has 1 amide bonds. The van der Waals surface area contributed by atoms with Crippen molar-refractivity contribution in [1.82, 2.24) is 10.2 Å². The van der Waals surface area contributed by atoms with E-state index in [2.05, 4.69) is 10.2 Å². The molecule has 0 saturated carbocycles. The molecule has 1 saturated heterocycles. The lowest BCUT2D eigenvalue weighted by molar-refractivity contribution is -0.387. The smallest absolute Gasteiger partial charge is 0.283 e. The molecule has 7 nitrogen and oxygen atoms in total. The fourth-order valence-corrected chi connectivity index (χ4v) is 3.72. The number of ether oxygens (including phenoxy) is 1. The van der Waals surface area contributed by atoms with Crippen LogP contribution in [0.25, 0.3) is 0 Å². The lowest BCUT2D eigenvalue weighted by Gasteiger charge is -2.31. The Bertz CT molecular complexity index is 825. The summed E-state index contributed by atoms with van der Waals surface area (Å²) in [6, 6.07) is 14.1. The van der Waals surface area contributed by atoms with E-state index in [9.17, 15) is 14.9 Å². The van der Waals surface area contributed by atoms with Crippen molar-refractivity contribution in [3.05, 3.63) is 69.8 Å². The minimum Gasteiger partial charge on any atom is -0.379 e. The third-order valence-electron chi connectivity index (χ3n) is 4.69. The van der Waals surface area contributed by atoms with Crippen LogP contribution in [0.1, 0.15) is 22.0 Å². The van der Waals surface area contributed by atoms with Crippen LogP contribution in [0.4, 0.5) is 5.69 Å². The fraction of sp³-hybridized carbons (Fsp3) is 0.350. The summed E-state index contributed by atoms with van der Waals surface area (Å²) in [6.45, 7) is 3.64. The lowest BCUT2D eigenvalue weighted by Crippen LogP contribution is -2.43. The summed E-state index contributed by atoms with van der Waals surface area (Å²) >= 11 is 1.29. The lowest BCUT2D eigenvalue weighted by atomic mass is 10.1. The third-order valence-corrected chi connectivity index (χ3v) is 5.47. The van der Waals surface area contributed by atoms with E-state index in [1.165, 1.54) is 17.8 Å². The predicted octanol–water partition coefficient (Wildman–Crippen LogP) is 3.12. The molecule has 1 atom stereocenters. The molecule has 1 aliphatic rings. The zero-order chi connectivity index (χ0) is 19.9. The number of thioether (sulfide) groups is 1. The maximum atomic E-state index is 12.9. The van der Waals surface area contributed by atoms with Gasteiger partial charge in [0.1, 0.15) is 0 Å². The van der Waals surface area contributed by atoms with Gasteiger partial charge in [0.2, 0.25) is 0 Å². The van der Waals surface area contributed by atoms with E-state index in [0.29, 0.717) is 24.7 Å². The van der Waals surface area contributed by atoms with Gasteiger partial charge in [-0.1, -0.05) is 30.3 Å². The number of carbonyl (C=O) groups is 1. The second-order valence-corrected chi connectivity index (χ2v) is 7.34. The summed E-state index contributed by atoms with van der Waals surface area (Å²) in [5, 5.41) is 14.4. The molecule has 1 fully saturated rings. The molecular formula is C20H23N3O4S. The van der Waals surface area contributed by atoms with Gasteiger partial charge in [0.15, 0.2) is 0 Å². The molecule has 1 unspecified atom stereocenters. The van der Waals surface area contributed by atoms with Crippen LogP contribution < -0.4 is 5.32 Å². The molecule has 8 heteroatoms. The average Bonchev–Trinajstić information content (AvgIpc) is 2.74. The Morgan fingerprint density at radius 2 is 1.96 bits per heavy atom. The van der Waals surface area contributed by atoms with E-state index >= 15 is 0 Å². The molecule has 3 rings (SSSR count). The van der Waals surface area contributed by atoms with Crippen LogP contribution in [0.2, 0.25) is 0 Å². The highest BCUT2D eigenvalue weighted by Gasteiger charge is 2.22. The standard InChI is InChI=1S/C20H23N3O4S/c1-28-19-8-7-16(13-18(19)23(25)26)20(24)21-17(15-5-3-2-4-6-15)14-22-9-11-27-12-10-22/h2-8,13,17H,9-12,14H2,1H3,(H,21,24). The molecule has 2 aromatic carbocycles. The van der Waals surface area contributed by atoms with Crippen LogP contribution >= 0.6 is 11.8 Å². The summed E-state index contributed by atoms with van der Waals surface area (Å²) < 4.78 is 5.40. The molecular weight excluding hydrogens is 378 g/mol. The van der Waals surface area contributed by atoms with Crippen molar-refractivity contribution in [3.63, 3.8) is 0 Å². The molecule has 1 N–H and O–H groups in total. The van der Waals surface area contributed by atoms with Crippen LogP contribution in [0.15, 0.2) is 53.4 Å². The number of rotatable bonds is 7. The highest BCUT2D eigenvalue weighted by Crippen LogP contribution is 2.28. The molecule has 1 heterocycles. The zero-order valence-electron chi connectivity index (χ0n) is 15.7. The van der Waals surface area contributed by atoms with E-state index in [1.807, 2.05) is 30.3 Å². The topological polar surface area (TPSA) is 84.7 Å². The van der Waals surface area contributed by atoms with Crippen molar-refractivity contribution in [1.29, 1.82) is 0 Å². The summed E-state index contributed by atoms with van der Waals surface area (Å²) in [7, 11) is 0. The van der Waals surface area contributed by atoms with Crippen LogP contribution in [0, 0.1) is 10.1 Å². The zero-order valence-corrected chi connectivity index (χ0v) is 16.5. The maximum Gasteiger partial charge on any atom is 0.283 e. The van der Waals surface area contributed by atoms with Gasteiger partial charge in [-0.05, 0) is 24.0 Å². The van der Waals surface area contributed by atoms with E-state index in [1.54, 1.807) is 18.4 Å². The Balaban J connectivity index is 1.80. The number of hydrogen-bond acceptors (Lipinski definition) is 6. The number of nitro benzene ring substituents is 1. The fourth-order valence-electron chi connectivity index (χ4n) is 3.18. The van der Waals surface area contributed by atoms with E-state index in [-0.39, 0.29) is 23.2 Å². The van der Waals surface area contributed by atoms with E-state index in [0.717, 1.165) is 18.7 Å². The number of hydrogen-bond donors (Lipinski definition) is 1. The van der Waals surface area contributed by atoms with Gasteiger partial charge >= 0.3 is 0 Å². The van der Waals surface area contributed by atoms with Crippen LogP contribution in [0.5, 0.6) is 0 Å². The summed E-state index contributed by atoms with van der Waals surface area (Å²) in [5.74, 6) is -0.321. The number of carbonyl (C=O) groups excluding carboxylic acids is 1. The van der Waals surface area contributed by atoms with Gasteiger partial charge in [-0.15, -0.1) is 11.8 Å². The van der Waals surface area contributed by atoms with Crippen LogP contribution in [-0.4, -0.2) is 54.8 Å². The summed E-state index contributed by atoms with van der Waals surface area (Å²) in [4.78, 5) is 26.5. The maximum absolute atomic E-state index is 12.9. The predicted molar refractivity (Wildman–Crippen MR) is 109 cm³/mol. The van der Waals surface area contributed by atoms with Crippen molar-refractivity contribution >= 4 is 23.4 Å². The molecule has 28 heavy (non-hydrogen) atoms. The molecule has 0 aliphatic carbocycles. The number of morpholine rings is 1. The molecule has 0 spiro atoms. The minimum atomic E-state index is -0.453. The van der Waals surface area contributed by atoms with Gasteiger partial charge in [0.25, 0.3) is 11.6 Å². The number of amides is 1. The Morgan fingerprint density at radius 3 is 2.61 bits per heavy atom. The first-order valence-corrected chi connectivity index (χ1v) is 10.3. The first kappa shape index (κ1) is 20.3. The highest BCUT2D eigenvalue weighted by atomic mass is 32.2. The van der Waals surface area contributed by atoms with Gasteiger partial charge in [-0.25, -0.2) is 0 Å². The normalized spacial score (nSPS) is 15.8. The minimum absolute atomic E-state index is 0.0513. The summed E-state index contributed by atoms with van der Waals surface area (Å²) in [5.41, 5.74) is 1.23. The van der Waals surface area contributed by atoms with Crippen molar-refractivity contribution < 1.29 is 14.5 Å². The van der Waals surface area contributed by atoms with Crippen molar-refractivity contribution in [2.75, 3.05) is 39.1 Å². The molecule has 2 aromatic rings. The summed E-state index contributed by atoms with van der Waals surface area (Å²) in [6.07, 6.45) is 1.77. The molecule has 0 bridgehead atoms. The Kier molecular flexibility index (Phi) is 7.02. The van der Waals surface area contributed by atoms with Crippen LogP contribution in [0.3, 0.4) is 0 Å². The molecule has 0 radical (unpaired) electrons. The van der Waals surface area contributed by atoms with E-state index < -0.39 is 4.92 Å². The largest absolute Gasteiger partial charge is 0.379 e. The van der Waals surface area contributed by atoms with Crippen molar-refractivity contribution in [2.45, 2.75) is 10.9 Å². The van der Waals surface area contributed by atoms with Gasteiger partial charge < -0.3 is 10.1 Å². The quantitative estimate of drug-likeness (QED) is 0.436. The van der Waals surface area contributed by atoms with Crippen LogP contribution in [-0.2, 0) is 4.74 Å². The number of nitro groups is 1. The third kappa shape index (κ3) is 5.09. The SMILES string of the molecule is CSc1ccc(C(=O)NC(CN2CCOCC2)c2ccccc2)cc1[N+](=O)[O-]. The van der Waals surface area contributed by atoms with Gasteiger partial charge in [0, 0.05) is 31.3 Å². The van der Waals surface area contributed by atoms with Gasteiger partial charge in [-0.2, -0.15) is 0 Å². The number of nitrogens with one attached hydrogen (secondary N) is 1. The second kappa shape index (κ2) is 9.68. The van der Waals surface area contributed by atoms with Crippen molar-refractivity contribution in [3.8, 4) is 0 Å². The first-order chi connectivity index (χ1) is 13.6. The average molecular weight is 401 g/mol. The Morgan fingerprint density at radius 1 is 1.25 bits per heavy atom. The monoisotopic (exact) mass is 401 g/mol. The van der Waals surface area contributed by atoms with Gasteiger partial charge in [0.05, 0.1) is 29.1 Å². The Labute approximate surface area is 168 Å². The Hall–Kier alpha value is -2.42. The molecule has 148 valence electrons. The molecule has 0 aromatic heterocycles. The number of benzene rings is 2. The van der Waals surface area contributed by atoms with E-state index in [4.69, 9.17) is 4.74 Å². The van der Waals surface area contributed by atoms with Gasteiger partial charge in [-0.3, -0.25) is 19.8 Å². The first-order valence-electron chi connectivity index (χ1n) is 9.07. The number of nitrogens with zero attached hydrogens (tertiary/aromatic N) is 2. The second-order valence-electron chi connectivity index (χ2n) is 6.49. The van der Waals surface area contributed by atoms with Crippen molar-refractivity contribution in [2.24, 2.45) is 0 Å². The highest BCUT2D eigenvalue weighted by molar-refractivity contribution is 7.98. The molecule has 1 aliphatic heterocycles.